The molecule has 1 atom stereocenters. The summed E-state index contributed by atoms with van der Waals surface area (Å²) in [5.74, 6) is 1.47. The monoisotopic (exact) mass is 354 g/mol. The van der Waals surface area contributed by atoms with E-state index >= 15 is 0 Å². The van der Waals surface area contributed by atoms with Gasteiger partial charge in [-0.1, -0.05) is 0 Å². The summed E-state index contributed by atoms with van der Waals surface area (Å²) in [6.07, 6.45) is 6.56. The van der Waals surface area contributed by atoms with Gasteiger partial charge >= 0.3 is 0 Å². The summed E-state index contributed by atoms with van der Waals surface area (Å²) in [6, 6.07) is 4.64. The predicted molar refractivity (Wildman–Crippen MR) is 98.2 cm³/mol. The summed E-state index contributed by atoms with van der Waals surface area (Å²) in [7, 11) is 3.75. The average molecular weight is 354 g/mol. The first-order chi connectivity index (χ1) is 12.7. The Morgan fingerprint density at radius 3 is 2.96 bits per heavy atom. The van der Waals surface area contributed by atoms with E-state index in [9.17, 15) is 0 Å². The second-order valence-corrected chi connectivity index (χ2v) is 8.14. The van der Waals surface area contributed by atoms with Crippen LogP contribution in [0, 0.1) is 5.41 Å². The molecule has 138 valence electrons. The molecule has 0 radical (unpaired) electrons. The van der Waals surface area contributed by atoms with Crippen LogP contribution in [0.5, 0.6) is 0 Å². The molecule has 0 aromatic carbocycles. The maximum atomic E-state index is 5.75. The fourth-order valence-corrected chi connectivity index (χ4v) is 4.72. The second-order valence-electron chi connectivity index (χ2n) is 8.14. The van der Waals surface area contributed by atoms with Gasteiger partial charge in [-0.2, -0.15) is 5.10 Å². The third-order valence-electron chi connectivity index (χ3n) is 6.16. The molecule has 7 nitrogen and oxygen atoms in total. The summed E-state index contributed by atoms with van der Waals surface area (Å²) >= 11 is 0. The molecule has 0 spiro atoms. The molecule has 2 saturated heterocycles. The highest BCUT2D eigenvalue weighted by atomic mass is 16.5. The third kappa shape index (κ3) is 2.61. The van der Waals surface area contributed by atoms with Crippen LogP contribution in [0.1, 0.15) is 54.8 Å². The minimum atomic E-state index is -0.260. The standard InChI is InChI=1S/C19H26N6O/c1-20-10-19-8-13(9-19)25(11-19)18-21-6-5-14(22-18)17(26-2)16-7-15(23-24-16)12-3-4-12/h5-7,12-13,17,20H,3-4,8-11H2,1-2H3,(H,23,24). The lowest BCUT2D eigenvalue weighted by atomic mass is 9.70. The second kappa shape index (κ2) is 6.03. The van der Waals surface area contributed by atoms with Crippen molar-refractivity contribution >= 4 is 5.95 Å². The van der Waals surface area contributed by atoms with Gasteiger partial charge in [0.1, 0.15) is 6.10 Å². The zero-order valence-electron chi connectivity index (χ0n) is 15.4. The maximum Gasteiger partial charge on any atom is 0.225 e. The number of fused-ring (bicyclic) bond motifs is 1. The Morgan fingerprint density at radius 1 is 1.38 bits per heavy atom. The maximum absolute atomic E-state index is 5.75. The zero-order valence-corrected chi connectivity index (χ0v) is 15.4. The molecule has 2 aliphatic carbocycles. The summed E-state index contributed by atoms with van der Waals surface area (Å²) in [6.45, 7) is 2.10. The van der Waals surface area contributed by atoms with Crippen molar-refractivity contribution in [1.29, 1.82) is 0 Å². The van der Waals surface area contributed by atoms with E-state index in [-0.39, 0.29) is 6.10 Å². The smallest absolute Gasteiger partial charge is 0.225 e. The van der Waals surface area contributed by atoms with Gasteiger partial charge < -0.3 is 15.0 Å². The molecule has 4 aliphatic rings. The normalized spacial score (nSPS) is 28.2. The van der Waals surface area contributed by atoms with Crippen LogP contribution in [0.25, 0.3) is 0 Å². The van der Waals surface area contributed by atoms with E-state index in [1.165, 1.54) is 31.4 Å². The quantitative estimate of drug-likeness (QED) is 0.792. The van der Waals surface area contributed by atoms with Crippen molar-refractivity contribution in [3.8, 4) is 0 Å². The van der Waals surface area contributed by atoms with Crippen molar-refractivity contribution in [3.63, 3.8) is 0 Å². The summed E-state index contributed by atoms with van der Waals surface area (Å²) in [5.41, 5.74) is 3.39. The predicted octanol–water partition coefficient (Wildman–Crippen LogP) is 2.00. The first-order valence-corrected chi connectivity index (χ1v) is 9.53. The number of aromatic amines is 1. The molecule has 4 heterocycles. The largest absolute Gasteiger partial charge is 0.369 e. The molecule has 2 N–H and O–H groups in total. The number of hydrogen-bond acceptors (Lipinski definition) is 6. The average Bonchev–Trinajstić information content (AvgIpc) is 3.10. The fraction of sp³-hybridized carbons (Fsp3) is 0.632. The number of hydrogen-bond donors (Lipinski definition) is 2. The number of rotatable bonds is 7. The topological polar surface area (TPSA) is 79.0 Å². The number of ether oxygens (including phenoxy) is 1. The van der Waals surface area contributed by atoms with Crippen LogP contribution in [0.15, 0.2) is 18.3 Å². The molecule has 2 bridgehead atoms. The van der Waals surface area contributed by atoms with Gasteiger partial charge in [0, 0.05) is 49.5 Å². The molecule has 2 saturated carbocycles. The highest BCUT2D eigenvalue weighted by molar-refractivity contribution is 5.41. The Labute approximate surface area is 153 Å². The number of aromatic nitrogens is 4. The van der Waals surface area contributed by atoms with Gasteiger partial charge in [-0.25, -0.2) is 9.97 Å². The van der Waals surface area contributed by atoms with E-state index in [1.54, 1.807) is 7.11 Å². The summed E-state index contributed by atoms with van der Waals surface area (Å²) in [4.78, 5) is 11.8. The molecule has 1 unspecified atom stereocenters. The van der Waals surface area contributed by atoms with Crippen LogP contribution < -0.4 is 10.2 Å². The van der Waals surface area contributed by atoms with Crippen molar-refractivity contribution in [1.82, 2.24) is 25.5 Å². The first kappa shape index (κ1) is 16.2. The van der Waals surface area contributed by atoms with Gasteiger partial charge in [0.15, 0.2) is 0 Å². The lowest BCUT2D eigenvalue weighted by Crippen LogP contribution is -2.41. The Bertz CT molecular complexity index is 795. The number of H-pyrrole nitrogens is 1. The van der Waals surface area contributed by atoms with Crippen molar-refractivity contribution < 1.29 is 4.74 Å². The molecule has 6 rings (SSSR count). The van der Waals surface area contributed by atoms with Crippen LogP contribution in [0.2, 0.25) is 0 Å². The Hall–Kier alpha value is -1.99. The Balaban J connectivity index is 1.38. The lowest BCUT2D eigenvalue weighted by molar-refractivity contribution is 0.129. The SMILES string of the molecule is CNCC12CC(C1)N(c1nccc(C(OC)c3cc(C4CC4)[nH]n3)n1)C2. The summed E-state index contributed by atoms with van der Waals surface area (Å²) in [5, 5.41) is 11.0. The number of nitrogens with zero attached hydrogens (tertiary/aromatic N) is 4. The molecule has 7 heteroatoms. The van der Waals surface area contributed by atoms with Gasteiger partial charge in [-0.05, 0) is 44.9 Å². The molecule has 26 heavy (non-hydrogen) atoms. The van der Waals surface area contributed by atoms with Crippen LogP contribution in [-0.2, 0) is 4.74 Å². The van der Waals surface area contributed by atoms with E-state index in [4.69, 9.17) is 9.72 Å². The fourth-order valence-electron chi connectivity index (χ4n) is 4.72. The van der Waals surface area contributed by atoms with Gasteiger partial charge in [0.05, 0.1) is 11.4 Å². The Morgan fingerprint density at radius 2 is 2.23 bits per heavy atom. The minimum Gasteiger partial charge on any atom is -0.369 e. The first-order valence-electron chi connectivity index (χ1n) is 9.53. The molecule has 2 aliphatic heterocycles. The number of methoxy groups -OCH3 is 1. The highest BCUT2D eigenvalue weighted by Gasteiger charge is 2.55. The Kier molecular flexibility index (Phi) is 3.76. The van der Waals surface area contributed by atoms with Crippen molar-refractivity contribution in [2.24, 2.45) is 5.41 Å². The van der Waals surface area contributed by atoms with Gasteiger partial charge in [0.2, 0.25) is 5.95 Å². The van der Waals surface area contributed by atoms with Gasteiger partial charge in [0.25, 0.3) is 0 Å². The molecule has 4 fully saturated rings. The van der Waals surface area contributed by atoms with E-state index in [0.29, 0.717) is 17.4 Å². The van der Waals surface area contributed by atoms with Crippen molar-refractivity contribution in [2.45, 2.75) is 43.7 Å². The van der Waals surface area contributed by atoms with Crippen molar-refractivity contribution in [3.05, 3.63) is 35.4 Å². The molecule has 0 amide bonds. The van der Waals surface area contributed by atoms with Gasteiger partial charge in [-0.3, -0.25) is 5.10 Å². The molecular weight excluding hydrogens is 328 g/mol. The zero-order chi connectivity index (χ0) is 17.7. The van der Waals surface area contributed by atoms with Crippen LogP contribution >= 0.6 is 0 Å². The van der Waals surface area contributed by atoms with E-state index in [1.807, 2.05) is 19.3 Å². The number of anilines is 1. The minimum absolute atomic E-state index is 0.260. The van der Waals surface area contributed by atoms with Crippen LogP contribution in [0.3, 0.4) is 0 Å². The molecule has 2 aromatic rings. The summed E-state index contributed by atoms with van der Waals surface area (Å²) < 4.78 is 5.75. The van der Waals surface area contributed by atoms with Crippen molar-refractivity contribution in [2.75, 3.05) is 32.1 Å². The van der Waals surface area contributed by atoms with E-state index in [0.717, 1.165) is 30.4 Å². The third-order valence-corrected chi connectivity index (χ3v) is 6.16. The lowest BCUT2D eigenvalue weighted by Gasteiger charge is -2.36. The van der Waals surface area contributed by atoms with E-state index < -0.39 is 0 Å². The van der Waals surface area contributed by atoms with Crippen LogP contribution in [0.4, 0.5) is 5.95 Å². The highest BCUT2D eigenvalue weighted by Crippen LogP contribution is 2.52. The number of nitrogens with one attached hydrogen (secondary N) is 2. The molecular formula is C19H26N6O. The molecule has 2 aromatic heterocycles. The van der Waals surface area contributed by atoms with E-state index in [2.05, 4.69) is 31.5 Å². The van der Waals surface area contributed by atoms with Crippen LogP contribution in [-0.4, -0.2) is 53.5 Å². The van der Waals surface area contributed by atoms with Gasteiger partial charge in [-0.15, -0.1) is 0 Å².